The number of morpholine rings is 1. The molecule has 0 spiro atoms. The number of carboxylic acid groups (broad SMARTS) is 1. The molecule has 2 unspecified atom stereocenters. The third-order valence-corrected chi connectivity index (χ3v) is 3.56. The van der Waals surface area contributed by atoms with Gasteiger partial charge in [-0.15, -0.1) is 0 Å². The number of carboxylic acids is 1. The molecule has 2 atom stereocenters. The summed E-state index contributed by atoms with van der Waals surface area (Å²) < 4.78 is 5.24. The van der Waals surface area contributed by atoms with Crippen LogP contribution in [-0.4, -0.2) is 41.8 Å². The molecular weight excluding hydrogens is 254 g/mol. The Morgan fingerprint density at radius 1 is 1.50 bits per heavy atom. The Morgan fingerprint density at radius 3 is 2.78 bits per heavy atom. The zero-order chi connectivity index (χ0) is 13.1. The van der Waals surface area contributed by atoms with Crippen LogP contribution in [0.1, 0.15) is 18.5 Å². The Balaban J connectivity index is 2.17. The van der Waals surface area contributed by atoms with Crippen molar-refractivity contribution < 1.29 is 14.6 Å². The van der Waals surface area contributed by atoms with Crippen LogP contribution in [0.4, 0.5) is 0 Å². The maximum absolute atomic E-state index is 11.2. The van der Waals surface area contributed by atoms with Crippen LogP contribution in [0.3, 0.4) is 0 Å². The van der Waals surface area contributed by atoms with Gasteiger partial charge in [-0.2, -0.15) is 0 Å². The number of hydrogen-bond acceptors (Lipinski definition) is 3. The fraction of sp³-hybridized carbons (Fsp3) is 0.462. The van der Waals surface area contributed by atoms with Gasteiger partial charge in [-0.1, -0.05) is 23.7 Å². The van der Waals surface area contributed by atoms with Gasteiger partial charge in [0.2, 0.25) is 0 Å². The van der Waals surface area contributed by atoms with Crippen LogP contribution in [0.5, 0.6) is 0 Å². The third kappa shape index (κ3) is 2.83. The van der Waals surface area contributed by atoms with E-state index in [1.54, 1.807) is 0 Å². The van der Waals surface area contributed by atoms with Gasteiger partial charge < -0.3 is 9.84 Å². The van der Waals surface area contributed by atoms with Crippen molar-refractivity contribution in [2.24, 2.45) is 0 Å². The molecule has 0 aliphatic carbocycles. The van der Waals surface area contributed by atoms with Crippen molar-refractivity contribution in [3.63, 3.8) is 0 Å². The standard InChI is InChI=1S/C13H16ClNO3/c1-9(10-2-4-11(14)5-3-10)15-6-7-18-8-12(15)13(16)17/h2-5,9,12H,6-8H2,1H3,(H,16,17). The predicted octanol–water partition coefficient (Wildman–Crippen LogP) is 2.19. The van der Waals surface area contributed by atoms with E-state index < -0.39 is 12.0 Å². The molecule has 1 aromatic carbocycles. The average molecular weight is 270 g/mol. The lowest BCUT2D eigenvalue weighted by Gasteiger charge is -2.37. The van der Waals surface area contributed by atoms with Crippen molar-refractivity contribution in [3.8, 4) is 0 Å². The van der Waals surface area contributed by atoms with E-state index in [2.05, 4.69) is 0 Å². The Labute approximate surface area is 111 Å². The van der Waals surface area contributed by atoms with Crippen molar-refractivity contribution in [2.75, 3.05) is 19.8 Å². The van der Waals surface area contributed by atoms with Gasteiger partial charge in [0.1, 0.15) is 6.04 Å². The maximum Gasteiger partial charge on any atom is 0.323 e. The van der Waals surface area contributed by atoms with E-state index in [0.29, 0.717) is 18.2 Å². The lowest BCUT2D eigenvalue weighted by Crippen LogP contribution is -2.50. The summed E-state index contributed by atoms with van der Waals surface area (Å²) in [5.74, 6) is -0.837. The topological polar surface area (TPSA) is 49.8 Å². The van der Waals surface area contributed by atoms with Crippen molar-refractivity contribution in [3.05, 3.63) is 34.9 Å². The van der Waals surface area contributed by atoms with Crippen LogP contribution in [0.2, 0.25) is 5.02 Å². The number of ether oxygens (including phenoxy) is 1. The Morgan fingerprint density at radius 2 is 2.17 bits per heavy atom. The van der Waals surface area contributed by atoms with Gasteiger partial charge in [0.05, 0.1) is 13.2 Å². The first-order valence-electron chi connectivity index (χ1n) is 5.91. The largest absolute Gasteiger partial charge is 0.480 e. The Hall–Kier alpha value is -1.10. The average Bonchev–Trinajstić information content (AvgIpc) is 2.39. The molecule has 4 nitrogen and oxygen atoms in total. The highest BCUT2D eigenvalue weighted by molar-refractivity contribution is 6.30. The van der Waals surface area contributed by atoms with E-state index in [1.807, 2.05) is 36.1 Å². The second-order valence-electron chi connectivity index (χ2n) is 4.39. The first kappa shape index (κ1) is 13.3. The Bertz CT molecular complexity index is 421. The first-order chi connectivity index (χ1) is 8.59. The molecule has 0 amide bonds. The molecule has 1 saturated heterocycles. The van der Waals surface area contributed by atoms with Crippen LogP contribution in [-0.2, 0) is 9.53 Å². The minimum absolute atomic E-state index is 0.0345. The summed E-state index contributed by atoms with van der Waals surface area (Å²) in [7, 11) is 0. The fourth-order valence-corrected chi connectivity index (χ4v) is 2.35. The second-order valence-corrected chi connectivity index (χ2v) is 4.83. The number of hydrogen-bond donors (Lipinski definition) is 1. The molecule has 0 radical (unpaired) electrons. The molecule has 2 rings (SSSR count). The van der Waals surface area contributed by atoms with Crippen LogP contribution >= 0.6 is 11.6 Å². The molecule has 0 aromatic heterocycles. The minimum atomic E-state index is -0.837. The molecule has 18 heavy (non-hydrogen) atoms. The van der Waals surface area contributed by atoms with E-state index >= 15 is 0 Å². The van der Waals surface area contributed by atoms with Gasteiger partial charge >= 0.3 is 5.97 Å². The molecule has 1 aliphatic heterocycles. The van der Waals surface area contributed by atoms with E-state index in [1.165, 1.54) is 0 Å². The molecule has 1 aliphatic rings. The van der Waals surface area contributed by atoms with E-state index in [4.69, 9.17) is 16.3 Å². The Kier molecular flexibility index (Phi) is 4.22. The summed E-state index contributed by atoms with van der Waals surface area (Å²) in [6, 6.07) is 6.97. The number of nitrogens with zero attached hydrogens (tertiary/aromatic N) is 1. The lowest BCUT2D eigenvalue weighted by atomic mass is 10.0. The predicted molar refractivity (Wildman–Crippen MR) is 68.8 cm³/mol. The monoisotopic (exact) mass is 269 g/mol. The van der Waals surface area contributed by atoms with Crippen molar-refractivity contribution >= 4 is 17.6 Å². The van der Waals surface area contributed by atoms with Gasteiger partial charge in [0, 0.05) is 17.6 Å². The lowest BCUT2D eigenvalue weighted by molar-refractivity contribution is -0.151. The van der Waals surface area contributed by atoms with Crippen molar-refractivity contribution in [1.29, 1.82) is 0 Å². The van der Waals surface area contributed by atoms with Crippen LogP contribution in [0.15, 0.2) is 24.3 Å². The smallest absolute Gasteiger partial charge is 0.323 e. The number of aliphatic carboxylic acids is 1. The summed E-state index contributed by atoms with van der Waals surface area (Å²) in [6.07, 6.45) is 0. The normalized spacial score (nSPS) is 22.7. The highest BCUT2D eigenvalue weighted by atomic mass is 35.5. The fourth-order valence-electron chi connectivity index (χ4n) is 2.23. The molecule has 0 bridgehead atoms. The second kappa shape index (κ2) is 5.69. The number of benzene rings is 1. The van der Waals surface area contributed by atoms with E-state index in [9.17, 15) is 9.90 Å². The molecule has 1 fully saturated rings. The minimum Gasteiger partial charge on any atom is -0.480 e. The molecule has 98 valence electrons. The van der Waals surface area contributed by atoms with E-state index in [-0.39, 0.29) is 12.6 Å². The van der Waals surface area contributed by atoms with Crippen LogP contribution in [0.25, 0.3) is 0 Å². The van der Waals surface area contributed by atoms with Gasteiger partial charge in [-0.05, 0) is 24.6 Å². The summed E-state index contributed by atoms with van der Waals surface area (Å²) in [5, 5.41) is 9.89. The number of halogens is 1. The molecule has 1 N–H and O–H groups in total. The van der Waals surface area contributed by atoms with Gasteiger partial charge in [-0.25, -0.2) is 0 Å². The summed E-state index contributed by atoms with van der Waals surface area (Å²) >= 11 is 5.85. The summed E-state index contributed by atoms with van der Waals surface area (Å²) in [5.41, 5.74) is 1.06. The zero-order valence-electron chi connectivity index (χ0n) is 10.2. The maximum atomic E-state index is 11.2. The quantitative estimate of drug-likeness (QED) is 0.914. The SMILES string of the molecule is CC(c1ccc(Cl)cc1)N1CCOCC1C(=O)O. The molecule has 0 saturated carbocycles. The van der Waals surface area contributed by atoms with Crippen molar-refractivity contribution in [1.82, 2.24) is 4.90 Å². The molecule has 1 aromatic rings. The van der Waals surface area contributed by atoms with Crippen molar-refractivity contribution in [2.45, 2.75) is 19.0 Å². The third-order valence-electron chi connectivity index (χ3n) is 3.30. The van der Waals surface area contributed by atoms with Gasteiger partial charge in [0.25, 0.3) is 0 Å². The summed E-state index contributed by atoms with van der Waals surface area (Å²) in [6.45, 7) is 3.44. The highest BCUT2D eigenvalue weighted by Gasteiger charge is 2.32. The molecular formula is C13H16ClNO3. The van der Waals surface area contributed by atoms with E-state index in [0.717, 1.165) is 5.56 Å². The highest BCUT2D eigenvalue weighted by Crippen LogP contribution is 2.25. The van der Waals surface area contributed by atoms with Crippen LogP contribution < -0.4 is 0 Å². The van der Waals surface area contributed by atoms with Crippen LogP contribution in [0, 0.1) is 0 Å². The van der Waals surface area contributed by atoms with Gasteiger partial charge in [0.15, 0.2) is 0 Å². The molecule has 1 heterocycles. The first-order valence-corrected chi connectivity index (χ1v) is 6.29. The molecule has 5 heteroatoms. The van der Waals surface area contributed by atoms with Gasteiger partial charge in [-0.3, -0.25) is 9.69 Å². The number of rotatable bonds is 3. The summed E-state index contributed by atoms with van der Waals surface area (Å²) in [4.78, 5) is 13.2. The zero-order valence-corrected chi connectivity index (χ0v) is 10.9. The number of carbonyl (C=O) groups is 1.